The molecule has 0 unspecified atom stereocenters. The molecule has 1 aliphatic rings. The van der Waals surface area contributed by atoms with Gasteiger partial charge in [0, 0.05) is 6.54 Å². The number of carbonyl (C=O) groups is 2. The second kappa shape index (κ2) is 7.30. The van der Waals surface area contributed by atoms with Gasteiger partial charge in [0.25, 0.3) is 0 Å². The normalized spacial score (nSPS) is 12.7. The molecule has 0 fully saturated rings. The minimum atomic E-state index is -0.935. The molecule has 2 aromatic carbocycles. The zero-order valence-corrected chi connectivity index (χ0v) is 13.5. The average Bonchev–Trinajstić information content (AvgIpc) is 3.03. The van der Waals surface area contributed by atoms with Crippen LogP contribution >= 0.6 is 0 Å². The van der Waals surface area contributed by atoms with Gasteiger partial charge in [0.15, 0.2) is 0 Å². The van der Waals surface area contributed by atoms with Crippen LogP contribution in [0, 0.1) is 0 Å². The first-order valence-electron chi connectivity index (χ1n) is 8.32. The van der Waals surface area contributed by atoms with E-state index in [4.69, 9.17) is 5.11 Å². The Morgan fingerprint density at radius 1 is 1.04 bits per heavy atom. The van der Waals surface area contributed by atoms with Crippen molar-refractivity contribution in [1.29, 1.82) is 0 Å². The van der Waals surface area contributed by atoms with Gasteiger partial charge in [0.1, 0.15) is 0 Å². The smallest absolute Gasteiger partial charge is 0.335 e. The fourth-order valence-corrected chi connectivity index (χ4v) is 3.27. The maximum Gasteiger partial charge on any atom is 0.335 e. The zero-order chi connectivity index (χ0) is 16.9. The highest BCUT2D eigenvalue weighted by Crippen LogP contribution is 2.22. The molecule has 2 aromatic rings. The lowest BCUT2D eigenvalue weighted by atomic mass is 10.0. The summed E-state index contributed by atoms with van der Waals surface area (Å²) < 4.78 is 0. The van der Waals surface area contributed by atoms with E-state index in [2.05, 4.69) is 17.4 Å². The minimum Gasteiger partial charge on any atom is -0.478 e. The van der Waals surface area contributed by atoms with E-state index < -0.39 is 5.97 Å². The lowest BCUT2D eigenvalue weighted by Gasteiger charge is -2.08. The molecule has 4 heteroatoms. The van der Waals surface area contributed by atoms with E-state index in [0.29, 0.717) is 24.9 Å². The second-order valence-electron chi connectivity index (χ2n) is 6.20. The summed E-state index contributed by atoms with van der Waals surface area (Å²) in [6.07, 6.45) is 4.34. The third-order valence-corrected chi connectivity index (χ3v) is 4.49. The van der Waals surface area contributed by atoms with E-state index in [9.17, 15) is 9.59 Å². The quantitative estimate of drug-likeness (QED) is 0.859. The van der Waals surface area contributed by atoms with Gasteiger partial charge >= 0.3 is 5.97 Å². The molecule has 0 bridgehead atoms. The lowest BCUT2D eigenvalue weighted by Crippen LogP contribution is -2.27. The van der Waals surface area contributed by atoms with Crippen LogP contribution in [0.5, 0.6) is 0 Å². The predicted molar refractivity (Wildman–Crippen MR) is 92.3 cm³/mol. The number of carboxylic acids is 1. The maximum absolute atomic E-state index is 12.1. The number of nitrogens with one attached hydrogen (secondary N) is 1. The summed E-state index contributed by atoms with van der Waals surface area (Å²) in [5.41, 5.74) is 4.85. The van der Waals surface area contributed by atoms with E-state index in [0.717, 1.165) is 24.0 Å². The Bertz CT molecular complexity index is 767. The van der Waals surface area contributed by atoms with Crippen molar-refractivity contribution in [3.63, 3.8) is 0 Å². The molecule has 1 aliphatic carbocycles. The molecule has 0 heterocycles. The Labute approximate surface area is 141 Å². The molecule has 0 aliphatic heterocycles. The van der Waals surface area contributed by atoms with Crippen LogP contribution < -0.4 is 5.32 Å². The Kier molecular flexibility index (Phi) is 4.94. The average molecular weight is 323 g/mol. The second-order valence-corrected chi connectivity index (χ2v) is 6.20. The first kappa shape index (κ1) is 16.2. The van der Waals surface area contributed by atoms with Gasteiger partial charge < -0.3 is 10.4 Å². The van der Waals surface area contributed by atoms with Crippen LogP contribution in [0.4, 0.5) is 0 Å². The van der Waals surface area contributed by atoms with Crippen molar-refractivity contribution < 1.29 is 14.7 Å². The van der Waals surface area contributed by atoms with Gasteiger partial charge in [-0.25, -0.2) is 4.79 Å². The Morgan fingerprint density at radius 2 is 1.83 bits per heavy atom. The SMILES string of the molecule is O=C(Cc1ccc2c(c1)CCC2)NCCc1ccccc1C(=O)O. The molecule has 0 radical (unpaired) electrons. The fraction of sp³-hybridized carbons (Fsp3) is 0.300. The molecule has 2 N–H and O–H groups in total. The number of carboxylic acid groups (broad SMARTS) is 1. The Morgan fingerprint density at radius 3 is 2.67 bits per heavy atom. The monoisotopic (exact) mass is 323 g/mol. The van der Waals surface area contributed by atoms with Crippen molar-refractivity contribution in [2.24, 2.45) is 0 Å². The molecule has 124 valence electrons. The highest BCUT2D eigenvalue weighted by molar-refractivity contribution is 5.89. The first-order valence-corrected chi connectivity index (χ1v) is 8.32. The van der Waals surface area contributed by atoms with Crippen molar-refractivity contribution in [2.75, 3.05) is 6.54 Å². The summed E-state index contributed by atoms with van der Waals surface area (Å²) >= 11 is 0. The van der Waals surface area contributed by atoms with Crippen LogP contribution in [-0.2, 0) is 30.5 Å². The van der Waals surface area contributed by atoms with Crippen LogP contribution in [0.1, 0.15) is 39.0 Å². The highest BCUT2D eigenvalue weighted by Gasteiger charge is 2.13. The van der Waals surface area contributed by atoms with E-state index in [1.54, 1.807) is 18.2 Å². The number of carbonyl (C=O) groups excluding carboxylic acids is 1. The van der Waals surface area contributed by atoms with Gasteiger partial charge in [-0.05, 0) is 54.0 Å². The van der Waals surface area contributed by atoms with Gasteiger partial charge in [0.05, 0.1) is 12.0 Å². The van der Waals surface area contributed by atoms with Gasteiger partial charge in [-0.3, -0.25) is 4.79 Å². The molecular weight excluding hydrogens is 302 g/mol. The Hall–Kier alpha value is -2.62. The standard InChI is InChI=1S/C20H21NO3/c22-19(13-14-8-9-15-5-3-6-17(15)12-14)21-11-10-16-4-1-2-7-18(16)20(23)24/h1-2,4,7-9,12H,3,5-6,10-11,13H2,(H,21,22)(H,23,24). The van der Waals surface area contributed by atoms with Crippen LogP contribution in [0.3, 0.4) is 0 Å². The van der Waals surface area contributed by atoms with E-state index in [1.165, 1.54) is 17.5 Å². The molecule has 0 saturated heterocycles. The number of hydrogen-bond donors (Lipinski definition) is 2. The van der Waals surface area contributed by atoms with Crippen molar-refractivity contribution in [2.45, 2.75) is 32.1 Å². The van der Waals surface area contributed by atoms with Crippen LogP contribution in [0.25, 0.3) is 0 Å². The van der Waals surface area contributed by atoms with E-state index in [-0.39, 0.29) is 5.91 Å². The molecule has 0 spiro atoms. The molecule has 1 amide bonds. The first-order chi connectivity index (χ1) is 11.6. The predicted octanol–water partition coefficient (Wildman–Crippen LogP) is 2.77. The van der Waals surface area contributed by atoms with Crippen molar-refractivity contribution >= 4 is 11.9 Å². The minimum absolute atomic E-state index is 0.0271. The maximum atomic E-state index is 12.1. The molecular formula is C20H21NO3. The van der Waals surface area contributed by atoms with Crippen molar-refractivity contribution in [3.05, 3.63) is 70.3 Å². The number of benzene rings is 2. The number of amides is 1. The van der Waals surface area contributed by atoms with Crippen LogP contribution in [0.15, 0.2) is 42.5 Å². The van der Waals surface area contributed by atoms with Gasteiger partial charge in [-0.2, -0.15) is 0 Å². The summed E-state index contributed by atoms with van der Waals surface area (Å²) in [5, 5.41) is 12.0. The summed E-state index contributed by atoms with van der Waals surface area (Å²) in [6.45, 7) is 0.439. The summed E-state index contributed by atoms with van der Waals surface area (Å²) in [7, 11) is 0. The third-order valence-electron chi connectivity index (χ3n) is 4.49. The molecule has 0 aromatic heterocycles. The largest absolute Gasteiger partial charge is 0.478 e. The summed E-state index contributed by atoms with van der Waals surface area (Å²) in [5.74, 6) is -0.962. The van der Waals surface area contributed by atoms with Gasteiger partial charge in [-0.15, -0.1) is 0 Å². The van der Waals surface area contributed by atoms with E-state index >= 15 is 0 Å². The number of rotatable bonds is 6. The number of aryl methyl sites for hydroxylation is 2. The number of aromatic carboxylic acids is 1. The lowest BCUT2D eigenvalue weighted by molar-refractivity contribution is -0.120. The number of fused-ring (bicyclic) bond motifs is 1. The van der Waals surface area contributed by atoms with Gasteiger partial charge in [0.2, 0.25) is 5.91 Å². The zero-order valence-electron chi connectivity index (χ0n) is 13.5. The molecule has 4 nitrogen and oxygen atoms in total. The summed E-state index contributed by atoms with van der Waals surface area (Å²) in [6, 6.07) is 13.2. The fourth-order valence-electron chi connectivity index (χ4n) is 3.27. The number of hydrogen-bond acceptors (Lipinski definition) is 2. The molecule has 24 heavy (non-hydrogen) atoms. The molecule has 0 saturated carbocycles. The third kappa shape index (κ3) is 3.82. The van der Waals surface area contributed by atoms with Crippen LogP contribution in [-0.4, -0.2) is 23.5 Å². The van der Waals surface area contributed by atoms with E-state index in [1.807, 2.05) is 12.1 Å². The van der Waals surface area contributed by atoms with Crippen LogP contribution in [0.2, 0.25) is 0 Å². The van der Waals surface area contributed by atoms with Crippen molar-refractivity contribution in [1.82, 2.24) is 5.32 Å². The highest BCUT2D eigenvalue weighted by atomic mass is 16.4. The summed E-state index contributed by atoms with van der Waals surface area (Å²) in [4.78, 5) is 23.3. The Balaban J connectivity index is 1.52. The molecule has 0 atom stereocenters. The van der Waals surface area contributed by atoms with Crippen molar-refractivity contribution in [3.8, 4) is 0 Å². The topological polar surface area (TPSA) is 66.4 Å². The molecule has 3 rings (SSSR count). The van der Waals surface area contributed by atoms with Gasteiger partial charge in [-0.1, -0.05) is 36.4 Å².